The van der Waals surface area contributed by atoms with E-state index in [0.29, 0.717) is 24.9 Å². The third kappa shape index (κ3) is 4.20. The quantitative estimate of drug-likeness (QED) is 0.674. The molecule has 3 atom stereocenters. The van der Waals surface area contributed by atoms with Crippen LogP contribution in [0.4, 0.5) is 0 Å². The molecule has 0 radical (unpaired) electrons. The van der Waals surface area contributed by atoms with Crippen molar-refractivity contribution in [2.24, 2.45) is 17.6 Å². The van der Waals surface area contributed by atoms with Gasteiger partial charge in [0.1, 0.15) is 0 Å². The zero-order valence-corrected chi connectivity index (χ0v) is 9.96. The number of rotatable bonds is 7. The van der Waals surface area contributed by atoms with E-state index in [1.807, 2.05) is 0 Å². The monoisotopic (exact) mass is 212 g/mol. The second-order valence-electron chi connectivity index (χ2n) is 4.67. The van der Waals surface area contributed by atoms with Gasteiger partial charge in [0.25, 0.3) is 0 Å². The summed E-state index contributed by atoms with van der Waals surface area (Å²) < 4.78 is 0. The molecule has 88 valence electrons. The first kappa shape index (κ1) is 12.5. The van der Waals surface area contributed by atoms with E-state index in [2.05, 4.69) is 19.2 Å². The number of nitrogens with one attached hydrogen (secondary N) is 1. The van der Waals surface area contributed by atoms with Gasteiger partial charge in [-0.2, -0.15) is 0 Å². The lowest BCUT2D eigenvalue weighted by Crippen LogP contribution is -2.30. The number of hydrogen-bond acceptors (Lipinski definition) is 2. The minimum atomic E-state index is 0.191. The van der Waals surface area contributed by atoms with Crippen LogP contribution in [0, 0.1) is 11.8 Å². The van der Waals surface area contributed by atoms with Gasteiger partial charge in [-0.25, -0.2) is 0 Å². The SMILES string of the molecule is CCCC1CC1NC(=O)CC(CC)CN. The molecule has 1 amide bonds. The topological polar surface area (TPSA) is 55.1 Å². The third-order valence-electron chi connectivity index (χ3n) is 3.31. The summed E-state index contributed by atoms with van der Waals surface area (Å²) in [5.74, 6) is 1.29. The smallest absolute Gasteiger partial charge is 0.220 e. The van der Waals surface area contributed by atoms with Crippen molar-refractivity contribution in [2.75, 3.05) is 6.54 Å². The Bertz CT molecular complexity index is 202. The first-order valence-electron chi connectivity index (χ1n) is 6.20. The zero-order chi connectivity index (χ0) is 11.3. The predicted octanol–water partition coefficient (Wildman–Crippen LogP) is 1.67. The first-order chi connectivity index (χ1) is 7.21. The normalized spacial score (nSPS) is 26.1. The Kier molecular flexibility index (Phi) is 5.09. The van der Waals surface area contributed by atoms with Gasteiger partial charge in [-0.15, -0.1) is 0 Å². The van der Waals surface area contributed by atoms with Crippen molar-refractivity contribution < 1.29 is 4.79 Å². The first-order valence-corrected chi connectivity index (χ1v) is 6.20. The fourth-order valence-corrected chi connectivity index (χ4v) is 2.04. The van der Waals surface area contributed by atoms with Crippen LogP contribution in [0.3, 0.4) is 0 Å². The molecule has 0 aromatic heterocycles. The summed E-state index contributed by atoms with van der Waals surface area (Å²) in [5, 5.41) is 3.09. The van der Waals surface area contributed by atoms with Crippen LogP contribution >= 0.6 is 0 Å². The van der Waals surface area contributed by atoms with Crippen LogP contribution in [0.15, 0.2) is 0 Å². The Morgan fingerprint density at radius 3 is 2.80 bits per heavy atom. The fraction of sp³-hybridized carbons (Fsp3) is 0.917. The molecule has 0 aliphatic heterocycles. The Balaban J connectivity index is 2.14. The summed E-state index contributed by atoms with van der Waals surface area (Å²) >= 11 is 0. The lowest BCUT2D eigenvalue weighted by atomic mass is 10.0. The number of nitrogens with two attached hydrogens (primary N) is 1. The maximum atomic E-state index is 11.6. The van der Waals surface area contributed by atoms with E-state index in [1.165, 1.54) is 19.3 Å². The van der Waals surface area contributed by atoms with Crippen LogP contribution in [0.1, 0.15) is 46.0 Å². The van der Waals surface area contributed by atoms with Crippen LogP contribution in [0.5, 0.6) is 0 Å². The molecule has 0 spiro atoms. The molecule has 1 aliphatic rings. The molecule has 0 aromatic carbocycles. The van der Waals surface area contributed by atoms with Crippen LogP contribution in [-0.2, 0) is 4.79 Å². The van der Waals surface area contributed by atoms with Gasteiger partial charge in [-0.1, -0.05) is 26.7 Å². The molecule has 0 saturated heterocycles. The summed E-state index contributed by atoms with van der Waals surface area (Å²) in [6.45, 7) is 4.90. The van der Waals surface area contributed by atoms with Crippen molar-refractivity contribution in [3.05, 3.63) is 0 Å². The van der Waals surface area contributed by atoms with Crippen molar-refractivity contribution in [3.8, 4) is 0 Å². The van der Waals surface area contributed by atoms with Crippen molar-refractivity contribution in [1.82, 2.24) is 5.32 Å². The summed E-state index contributed by atoms with van der Waals surface area (Å²) in [6, 6.07) is 0.465. The molecule has 3 nitrogen and oxygen atoms in total. The molecule has 3 heteroatoms. The molecular weight excluding hydrogens is 188 g/mol. The summed E-state index contributed by atoms with van der Waals surface area (Å²) in [7, 11) is 0. The van der Waals surface area contributed by atoms with Crippen molar-refractivity contribution >= 4 is 5.91 Å². The van der Waals surface area contributed by atoms with Gasteiger partial charge < -0.3 is 11.1 Å². The largest absolute Gasteiger partial charge is 0.353 e. The second-order valence-corrected chi connectivity index (χ2v) is 4.67. The van der Waals surface area contributed by atoms with Gasteiger partial charge in [-0.3, -0.25) is 4.79 Å². The Hall–Kier alpha value is -0.570. The fourth-order valence-electron chi connectivity index (χ4n) is 2.04. The highest BCUT2D eigenvalue weighted by molar-refractivity contribution is 5.76. The third-order valence-corrected chi connectivity index (χ3v) is 3.31. The van der Waals surface area contributed by atoms with E-state index in [1.54, 1.807) is 0 Å². The summed E-state index contributed by atoms with van der Waals surface area (Å²) in [5.41, 5.74) is 5.57. The predicted molar refractivity (Wildman–Crippen MR) is 62.4 cm³/mol. The zero-order valence-electron chi connectivity index (χ0n) is 9.96. The Morgan fingerprint density at radius 2 is 2.27 bits per heavy atom. The molecule has 3 unspecified atom stereocenters. The summed E-state index contributed by atoms with van der Waals surface area (Å²) in [4.78, 5) is 11.6. The summed E-state index contributed by atoms with van der Waals surface area (Å²) in [6.07, 6.45) is 5.24. The molecule has 0 heterocycles. The molecule has 1 aliphatic carbocycles. The number of hydrogen-bond donors (Lipinski definition) is 2. The molecule has 3 N–H and O–H groups in total. The number of carbonyl (C=O) groups excluding carboxylic acids is 1. The average Bonchev–Trinajstić information content (AvgIpc) is 2.93. The molecule has 15 heavy (non-hydrogen) atoms. The highest BCUT2D eigenvalue weighted by atomic mass is 16.1. The highest BCUT2D eigenvalue weighted by Crippen LogP contribution is 2.34. The average molecular weight is 212 g/mol. The van der Waals surface area contributed by atoms with Crippen LogP contribution in [-0.4, -0.2) is 18.5 Å². The minimum absolute atomic E-state index is 0.191. The molecular formula is C12H24N2O. The second kappa shape index (κ2) is 6.11. The number of amides is 1. The standard InChI is InChI=1S/C12H24N2O/c1-3-5-10-7-11(10)14-12(15)6-9(4-2)8-13/h9-11H,3-8,13H2,1-2H3,(H,14,15). The van der Waals surface area contributed by atoms with Gasteiger partial charge in [0.15, 0.2) is 0 Å². The highest BCUT2D eigenvalue weighted by Gasteiger charge is 2.37. The molecule has 1 saturated carbocycles. The van der Waals surface area contributed by atoms with Crippen LogP contribution in [0.2, 0.25) is 0 Å². The van der Waals surface area contributed by atoms with E-state index >= 15 is 0 Å². The molecule has 0 bridgehead atoms. The van der Waals surface area contributed by atoms with Crippen LogP contribution < -0.4 is 11.1 Å². The Labute approximate surface area is 92.8 Å². The van der Waals surface area contributed by atoms with Gasteiger partial charge >= 0.3 is 0 Å². The minimum Gasteiger partial charge on any atom is -0.353 e. The van der Waals surface area contributed by atoms with E-state index in [4.69, 9.17) is 5.73 Å². The van der Waals surface area contributed by atoms with E-state index < -0.39 is 0 Å². The lowest BCUT2D eigenvalue weighted by Gasteiger charge is -2.11. The van der Waals surface area contributed by atoms with Gasteiger partial charge in [-0.05, 0) is 31.2 Å². The van der Waals surface area contributed by atoms with E-state index in [9.17, 15) is 4.79 Å². The lowest BCUT2D eigenvalue weighted by molar-refractivity contribution is -0.122. The maximum Gasteiger partial charge on any atom is 0.220 e. The van der Waals surface area contributed by atoms with E-state index in [-0.39, 0.29) is 5.91 Å². The van der Waals surface area contributed by atoms with Crippen molar-refractivity contribution in [1.29, 1.82) is 0 Å². The molecule has 1 rings (SSSR count). The van der Waals surface area contributed by atoms with Gasteiger partial charge in [0, 0.05) is 12.5 Å². The van der Waals surface area contributed by atoms with E-state index in [0.717, 1.165) is 12.3 Å². The van der Waals surface area contributed by atoms with Gasteiger partial charge in [0.2, 0.25) is 5.91 Å². The maximum absolute atomic E-state index is 11.6. The molecule has 0 aromatic rings. The van der Waals surface area contributed by atoms with Gasteiger partial charge in [0.05, 0.1) is 0 Å². The number of carbonyl (C=O) groups is 1. The van der Waals surface area contributed by atoms with Crippen molar-refractivity contribution in [2.45, 2.75) is 52.0 Å². The van der Waals surface area contributed by atoms with Crippen LogP contribution in [0.25, 0.3) is 0 Å². The van der Waals surface area contributed by atoms with Crippen molar-refractivity contribution in [3.63, 3.8) is 0 Å². The molecule has 1 fully saturated rings. The Morgan fingerprint density at radius 1 is 1.53 bits per heavy atom.